The Kier molecular flexibility index (Phi) is 5.20. The summed E-state index contributed by atoms with van der Waals surface area (Å²) in [6, 6.07) is 7.05. The number of piperazine rings is 1. The molecule has 3 amide bonds. The predicted octanol–water partition coefficient (Wildman–Crippen LogP) is 1.55. The van der Waals surface area contributed by atoms with E-state index in [-0.39, 0.29) is 18.0 Å². The van der Waals surface area contributed by atoms with E-state index in [1.165, 1.54) is 0 Å². The first kappa shape index (κ1) is 16.6. The molecule has 1 N–H and O–H groups in total. The maximum absolute atomic E-state index is 12.3. The smallest absolute Gasteiger partial charge is 0.321 e. The van der Waals surface area contributed by atoms with Crippen LogP contribution in [-0.2, 0) is 9.53 Å². The molecule has 3 rings (SSSR count). The zero-order valence-electron chi connectivity index (χ0n) is 13.9. The van der Waals surface area contributed by atoms with Crippen LogP contribution in [0.15, 0.2) is 24.3 Å². The van der Waals surface area contributed by atoms with Gasteiger partial charge in [0.1, 0.15) is 11.9 Å². The predicted molar refractivity (Wildman–Crippen MR) is 89.1 cm³/mol. The van der Waals surface area contributed by atoms with Gasteiger partial charge in [0.15, 0.2) is 0 Å². The van der Waals surface area contributed by atoms with Gasteiger partial charge in [0, 0.05) is 38.5 Å². The highest BCUT2D eigenvalue weighted by molar-refractivity contribution is 5.89. The van der Waals surface area contributed by atoms with E-state index >= 15 is 0 Å². The fourth-order valence-electron chi connectivity index (χ4n) is 2.98. The zero-order valence-corrected chi connectivity index (χ0v) is 13.9. The molecule has 2 heterocycles. The van der Waals surface area contributed by atoms with Crippen LogP contribution in [0.2, 0.25) is 0 Å². The van der Waals surface area contributed by atoms with Crippen molar-refractivity contribution in [3.05, 3.63) is 24.3 Å². The molecule has 1 aromatic rings. The number of hydrogen-bond acceptors (Lipinski definition) is 4. The van der Waals surface area contributed by atoms with Crippen molar-refractivity contribution in [1.29, 1.82) is 0 Å². The van der Waals surface area contributed by atoms with Crippen molar-refractivity contribution >= 4 is 17.6 Å². The lowest BCUT2D eigenvalue weighted by molar-refractivity contribution is -0.142. The summed E-state index contributed by atoms with van der Waals surface area (Å²) in [5, 5.41) is 2.87. The van der Waals surface area contributed by atoms with Crippen molar-refractivity contribution in [3.63, 3.8) is 0 Å². The van der Waals surface area contributed by atoms with E-state index < -0.39 is 0 Å². The monoisotopic (exact) mass is 333 g/mol. The number of amides is 3. The Morgan fingerprint density at radius 2 is 1.79 bits per heavy atom. The van der Waals surface area contributed by atoms with Crippen LogP contribution in [0.25, 0.3) is 0 Å². The largest absolute Gasteiger partial charge is 0.497 e. The molecule has 0 spiro atoms. The molecule has 0 saturated carbocycles. The van der Waals surface area contributed by atoms with Gasteiger partial charge in [-0.25, -0.2) is 4.79 Å². The van der Waals surface area contributed by atoms with E-state index in [0.29, 0.717) is 32.8 Å². The lowest BCUT2D eigenvalue weighted by atomic mass is 10.2. The Labute approximate surface area is 141 Å². The van der Waals surface area contributed by atoms with Gasteiger partial charge in [-0.2, -0.15) is 0 Å². The third-order valence-corrected chi connectivity index (χ3v) is 4.42. The van der Waals surface area contributed by atoms with Crippen LogP contribution in [0.1, 0.15) is 12.8 Å². The van der Waals surface area contributed by atoms with Gasteiger partial charge in [-0.05, 0) is 37.1 Å². The lowest BCUT2D eigenvalue weighted by Gasteiger charge is -2.35. The second-order valence-corrected chi connectivity index (χ2v) is 5.97. The summed E-state index contributed by atoms with van der Waals surface area (Å²) in [5.74, 6) is 0.803. The number of nitrogens with zero attached hydrogens (tertiary/aromatic N) is 2. The van der Waals surface area contributed by atoms with Gasteiger partial charge in [-0.15, -0.1) is 0 Å². The van der Waals surface area contributed by atoms with Crippen LogP contribution >= 0.6 is 0 Å². The Hall–Kier alpha value is -2.28. The summed E-state index contributed by atoms with van der Waals surface area (Å²) < 4.78 is 10.5. The van der Waals surface area contributed by atoms with E-state index in [4.69, 9.17) is 9.47 Å². The molecule has 2 aliphatic heterocycles. The summed E-state index contributed by atoms with van der Waals surface area (Å²) >= 11 is 0. The maximum atomic E-state index is 12.3. The molecule has 1 aromatic carbocycles. The minimum Gasteiger partial charge on any atom is -0.497 e. The van der Waals surface area contributed by atoms with Crippen LogP contribution < -0.4 is 10.1 Å². The SMILES string of the molecule is COc1ccc(NC(=O)N2CCN(C(=O)[C@H]3CCCO3)CC2)cc1. The van der Waals surface area contributed by atoms with Gasteiger partial charge in [0.25, 0.3) is 5.91 Å². The van der Waals surface area contributed by atoms with Crippen molar-refractivity contribution in [2.75, 3.05) is 45.2 Å². The van der Waals surface area contributed by atoms with Crippen LogP contribution in [0.4, 0.5) is 10.5 Å². The van der Waals surface area contributed by atoms with Crippen LogP contribution in [-0.4, -0.2) is 67.7 Å². The van der Waals surface area contributed by atoms with Crippen LogP contribution in [0, 0.1) is 0 Å². The molecule has 2 fully saturated rings. The van der Waals surface area contributed by atoms with E-state index in [0.717, 1.165) is 24.3 Å². The maximum Gasteiger partial charge on any atom is 0.321 e. The fraction of sp³-hybridized carbons (Fsp3) is 0.529. The lowest BCUT2D eigenvalue weighted by Crippen LogP contribution is -2.53. The van der Waals surface area contributed by atoms with Crippen molar-refractivity contribution in [3.8, 4) is 5.75 Å². The molecule has 2 aliphatic rings. The summed E-state index contributed by atoms with van der Waals surface area (Å²) in [6.07, 6.45) is 1.46. The molecule has 7 nitrogen and oxygen atoms in total. The fourth-order valence-corrected chi connectivity index (χ4v) is 2.98. The number of carbonyl (C=O) groups is 2. The molecule has 2 saturated heterocycles. The number of rotatable bonds is 3. The molecule has 1 atom stereocenters. The molecule has 0 unspecified atom stereocenters. The molecule has 130 valence electrons. The number of benzene rings is 1. The first-order valence-electron chi connectivity index (χ1n) is 8.28. The number of hydrogen-bond donors (Lipinski definition) is 1. The van der Waals surface area contributed by atoms with E-state index in [9.17, 15) is 9.59 Å². The Balaban J connectivity index is 1.48. The molecule has 24 heavy (non-hydrogen) atoms. The highest BCUT2D eigenvalue weighted by Crippen LogP contribution is 2.17. The summed E-state index contributed by atoms with van der Waals surface area (Å²) in [6.45, 7) is 2.82. The highest BCUT2D eigenvalue weighted by Gasteiger charge is 2.31. The summed E-state index contributed by atoms with van der Waals surface area (Å²) in [5.41, 5.74) is 0.721. The third kappa shape index (κ3) is 3.79. The van der Waals surface area contributed by atoms with Crippen molar-refractivity contribution < 1.29 is 19.1 Å². The van der Waals surface area contributed by atoms with Crippen molar-refractivity contribution in [2.45, 2.75) is 18.9 Å². The van der Waals surface area contributed by atoms with Crippen molar-refractivity contribution in [1.82, 2.24) is 9.80 Å². The summed E-state index contributed by atoms with van der Waals surface area (Å²) in [7, 11) is 1.60. The third-order valence-electron chi connectivity index (χ3n) is 4.42. The van der Waals surface area contributed by atoms with E-state index in [1.807, 2.05) is 0 Å². The zero-order chi connectivity index (χ0) is 16.9. The molecule has 0 bridgehead atoms. The number of ether oxygens (including phenoxy) is 2. The number of carbonyl (C=O) groups excluding carboxylic acids is 2. The number of methoxy groups -OCH3 is 1. The van der Waals surface area contributed by atoms with Crippen LogP contribution in [0.5, 0.6) is 5.75 Å². The van der Waals surface area contributed by atoms with Gasteiger partial charge >= 0.3 is 6.03 Å². The first-order valence-corrected chi connectivity index (χ1v) is 8.28. The minimum absolute atomic E-state index is 0.0581. The molecule has 7 heteroatoms. The van der Waals surface area contributed by atoms with Gasteiger partial charge in [0.05, 0.1) is 7.11 Å². The number of nitrogens with one attached hydrogen (secondary N) is 1. The topological polar surface area (TPSA) is 71.1 Å². The molecular formula is C17H23N3O4. The first-order chi connectivity index (χ1) is 11.7. The molecule has 0 aromatic heterocycles. The van der Waals surface area contributed by atoms with Crippen LogP contribution in [0.3, 0.4) is 0 Å². The Morgan fingerprint density at radius 3 is 2.38 bits per heavy atom. The minimum atomic E-state index is -0.287. The number of urea groups is 1. The quantitative estimate of drug-likeness (QED) is 0.911. The normalized spacial score (nSPS) is 20.8. The van der Waals surface area contributed by atoms with Crippen molar-refractivity contribution in [2.24, 2.45) is 0 Å². The highest BCUT2D eigenvalue weighted by atomic mass is 16.5. The Bertz CT molecular complexity index is 576. The van der Waals surface area contributed by atoms with E-state index in [2.05, 4.69) is 5.32 Å². The summed E-state index contributed by atoms with van der Waals surface area (Å²) in [4.78, 5) is 28.1. The molecule has 0 radical (unpaired) electrons. The van der Waals surface area contributed by atoms with Gasteiger partial charge in [0.2, 0.25) is 0 Å². The van der Waals surface area contributed by atoms with Gasteiger partial charge < -0.3 is 24.6 Å². The molecule has 0 aliphatic carbocycles. The average molecular weight is 333 g/mol. The van der Waals surface area contributed by atoms with E-state index in [1.54, 1.807) is 41.2 Å². The second kappa shape index (κ2) is 7.53. The van der Waals surface area contributed by atoms with Gasteiger partial charge in [-0.1, -0.05) is 0 Å². The average Bonchev–Trinajstić information content (AvgIpc) is 3.16. The standard InChI is InChI=1S/C17H23N3O4/c1-23-14-6-4-13(5-7-14)18-17(22)20-10-8-19(9-11-20)16(21)15-3-2-12-24-15/h4-7,15H,2-3,8-12H2,1H3,(H,18,22)/t15-/m1/s1. The number of anilines is 1. The molecular weight excluding hydrogens is 310 g/mol. The van der Waals surface area contributed by atoms with Gasteiger partial charge in [-0.3, -0.25) is 4.79 Å². The Morgan fingerprint density at radius 1 is 1.12 bits per heavy atom. The second-order valence-electron chi connectivity index (χ2n) is 5.97.